The zero-order valence-corrected chi connectivity index (χ0v) is 18.3. The Morgan fingerprint density at radius 3 is 2.74 bits per heavy atom. The molecule has 1 aliphatic heterocycles. The molecule has 1 saturated heterocycles. The van der Waals surface area contributed by atoms with Gasteiger partial charge < -0.3 is 15.0 Å². The number of rotatable bonds is 8. The van der Waals surface area contributed by atoms with Gasteiger partial charge in [-0.15, -0.1) is 6.58 Å². The molecular formula is C25H32N2O4. The van der Waals surface area contributed by atoms with E-state index in [1.54, 1.807) is 17.9 Å². The van der Waals surface area contributed by atoms with Gasteiger partial charge in [0.2, 0.25) is 11.8 Å². The molecule has 0 unspecified atom stereocenters. The third-order valence-corrected chi connectivity index (χ3v) is 6.19. The normalized spacial score (nSPS) is 24.9. The number of nitrogens with zero attached hydrogens (tertiary/aromatic N) is 1. The molecule has 0 bridgehead atoms. The van der Waals surface area contributed by atoms with E-state index in [0.29, 0.717) is 25.2 Å². The van der Waals surface area contributed by atoms with Gasteiger partial charge in [-0.2, -0.15) is 0 Å². The Kier molecular flexibility index (Phi) is 7.66. The summed E-state index contributed by atoms with van der Waals surface area (Å²) in [6, 6.07) is 9.61. The number of allylic oxidation sites excluding steroid dienone is 1. The summed E-state index contributed by atoms with van der Waals surface area (Å²) < 4.78 is 5.48. The highest BCUT2D eigenvalue weighted by molar-refractivity contribution is 5.98. The molecule has 1 N–H and O–H groups in total. The summed E-state index contributed by atoms with van der Waals surface area (Å²) in [7, 11) is 0. The lowest BCUT2D eigenvalue weighted by atomic mass is 9.69. The van der Waals surface area contributed by atoms with Gasteiger partial charge in [-0.1, -0.05) is 55.3 Å². The number of likely N-dealkylation sites (tertiary alicyclic amines) is 1. The van der Waals surface area contributed by atoms with E-state index < -0.39 is 17.3 Å². The highest BCUT2D eigenvalue weighted by Gasteiger charge is 2.61. The highest BCUT2D eigenvalue weighted by atomic mass is 16.5. The Balaban J connectivity index is 1.91. The smallest absolute Gasteiger partial charge is 0.318 e. The average molecular weight is 425 g/mol. The van der Waals surface area contributed by atoms with Gasteiger partial charge >= 0.3 is 5.97 Å². The number of nitrogens with one attached hydrogen (secondary N) is 1. The number of carbonyl (C=O) groups is 3. The van der Waals surface area contributed by atoms with Crippen molar-refractivity contribution in [1.29, 1.82) is 0 Å². The first kappa shape index (κ1) is 22.8. The van der Waals surface area contributed by atoms with Crippen LogP contribution in [0.5, 0.6) is 0 Å². The van der Waals surface area contributed by atoms with Gasteiger partial charge in [-0.3, -0.25) is 14.4 Å². The lowest BCUT2D eigenvalue weighted by Gasteiger charge is -2.34. The van der Waals surface area contributed by atoms with E-state index in [-0.39, 0.29) is 24.8 Å². The number of hydrogen-bond acceptors (Lipinski definition) is 4. The summed E-state index contributed by atoms with van der Waals surface area (Å²) in [5.74, 6) is -1.61. The van der Waals surface area contributed by atoms with Crippen LogP contribution in [0, 0.1) is 11.3 Å². The van der Waals surface area contributed by atoms with Gasteiger partial charge in [0.25, 0.3) is 0 Å². The third-order valence-electron chi connectivity index (χ3n) is 6.19. The predicted molar refractivity (Wildman–Crippen MR) is 119 cm³/mol. The van der Waals surface area contributed by atoms with Crippen LogP contribution in [-0.2, 0) is 25.7 Å². The van der Waals surface area contributed by atoms with E-state index in [0.717, 1.165) is 31.2 Å². The predicted octanol–water partition coefficient (Wildman–Crippen LogP) is 3.73. The lowest BCUT2D eigenvalue weighted by Crippen LogP contribution is -2.42. The summed E-state index contributed by atoms with van der Waals surface area (Å²) in [4.78, 5) is 41.3. The molecule has 6 nitrogen and oxygen atoms in total. The van der Waals surface area contributed by atoms with Gasteiger partial charge in [0.05, 0.1) is 12.5 Å². The summed E-state index contributed by atoms with van der Waals surface area (Å²) in [6.07, 6.45) is 7.72. The van der Waals surface area contributed by atoms with E-state index in [1.165, 1.54) is 0 Å². The fraction of sp³-hybridized carbons (Fsp3) is 0.480. The molecule has 2 aliphatic rings. The van der Waals surface area contributed by atoms with Crippen LogP contribution in [0.4, 0.5) is 0 Å². The number of ether oxygens (including phenoxy) is 1. The summed E-state index contributed by atoms with van der Waals surface area (Å²) >= 11 is 0. The Morgan fingerprint density at radius 1 is 1.26 bits per heavy atom. The van der Waals surface area contributed by atoms with Crippen molar-refractivity contribution >= 4 is 17.8 Å². The maximum atomic E-state index is 13.5. The zero-order valence-electron chi connectivity index (χ0n) is 18.3. The van der Waals surface area contributed by atoms with Crippen LogP contribution in [-0.4, -0.2) is 35.8 Å². The first-order valence-electron chi connectivity index (χ1n) is 11.1. The van der Waals surface area contributed by atoms with Gasteiger partial charge in [0.1, 0.15) is 5.41 Å². The topological polar surface area (TPSA) is 75.7 Å². The van der Waals surface area contributed by atoms with Gasteiger partial charge in [-0.25, -0.2) is 0 Å². The van der Waals surface area contributed by atoms with Gasteiger partial charge in [0, 0.05) is 25.2 Å². The zero-order chi connectivity index (χ0) is 22.3. The van der Waals surface area contributed by atoms with Crippen molar-refractivity contribution in [2.45, 2.75) is 52.0 Å². The highest BCUT2D eigenvalue weighted by Crippen LogP contribution is 2.52. The fourth-order valence-corrected chi connectivity index (χ4v) is 4.74. The fourth-order valence-electron chi connectivity index (χ4n) is 4.74. The molecule has 0 radical (unpaired) electrons. The first-order valence-corrected chi connectivity index (χ1v) is 11.1. The number of fused-ring (bicyclic) bond motifs is 1. The number of carbonyl (C=O) groups excluding carboxylic acids is 3. The number of esters is 1. The molecule has 0 aromatic heterocycles. The van der Waals surface area contributed by atoms with Gasteiger partial charge in [0.15, 0.2) is 0 Å². The molecular weight excluding hydrogens is 392 g/mol. The van der Waals surface area contributed by atoms with E-state index in [1.807, 2.05) is 36.4 Å². The molecule has 166 valence electrons. The summed E-state index contributed by atoms with van der Waals surface area (Å²) in [5.41, 5.74) is 0.561. The largest absolute Gasteiger partial charge is 0.465 e. The Bertz CT molecular complexity index is 848. The number of benzene rings is 1. The van der Waals surface area contributed by atoms with E-state index in [9.17, 15) is 14.4 Å². The van der Waals surface area contributed by atoms with Crippen LogP contribution < -0.4 is 5.32 Å². The average Bonchev–Trinajstić information content (AvgIpc) is 2.96. The van der Waals surface area contributed by atoms with Crippen molar-refractivity contribution in [2.24, 2.45) is 11.3 Å². The quantitative estimate of drug-likeness (QED) is 0.510. The molecule has 1 aromatic carbocycles. The molecule has 1 heterocycles. The second-order valence-electron chi connectivity index (χ2n) is 8.14. The molecule has 3 rings (SSSR count). The Labute approximate surface area is 184 Å². The van der Waals surface area contributed by atoms with Crippen molar-refractivity contribution in [1.82, 2.24) is 10.2 Å². The van der Waals surface area contributed by atoms with Crippen LogP contribution in [0.1, 0.15) is 51.0 Å². The third kappa shape index (κ3) is 4.73. The van der Waals surface area contributed by atoms with Crippen LogP contribution in [0.2, 0.25) is 0 Å². The van der Waals surface area contributed by atoms with E-state index >= 15 is 0 Å². The van der Waals surface area contributed by atoms with Crippen LogP contribution in [0.25, 0.3) is 0 Å². The van der Waals surface area contributed by atoms with Crippen molar-refractivity contribution in [3.8, 4) is 0 Å². The van der Waals surface area contributed by atoms with Crippen LogP contribution in [0.3, 0.4) is 0 Å². The molecule has 0 saturated carbocycles. The maximum absolute atomic E-state index is 13.5. The summed E-state index contributed by atoms with van der Waals surface area (Å²) in [6.45, 7) is 6.47. The second-order valence-corrected chi connectivity index (χ2v) is 8.14. The monoisotopic (exact) mass is 424 g/mol. The molecule has 1 aliphatic carbocycles. The first-order chi connectivity index (χ1) is 15.0. The van der Waals surface area contributed by atoms with Crippen molar-refractivity contribution in [3.05, 3.63) is 60.3 Å². The van der Waals surface area contributed by atoms with E-state index in [2.05, 4.69) is 11.9 Å². The molecule has 31 heavy (non-hydrogen) atoms. The SMILES string of the molecule is C=CCN1C(=O)[C@@H](CC(=O)NCc2ccccc2)[C@]2(C(=O)OCC)CCCCC/C=C/12. The minimum absolute atomic E-state index is 0.0462. The Morgan fingerprint density at radius 2 is 2.03 bits per heavy atom. The Hall–Kier alpha value is -2.89. The molecule has 1 aromatic rings. The molecule has 0 spiro atoms. The lowest BCUT2D eigenvalue weighted by molar-refractivity contribution is -0.158. The standard InChI is InChI=1S/C25H32N2O4/c1-3-16-27-21-14-10-5-6-11-15-25(21,24(30)31-4-2)20(23(27)29)17-22(28)26-18-19-12-8-7-9-13-19/h3,7-9,12-14,20H,1,4-6,10-11,15-18H2,2H3,(H,26,28)/b21-14+/t20-,25-/m1/s1. The molecule has 2 atom stereocenters. The van der Waals surface area contributed by atoms with Crippen molar-refractivity contribution in [2.75, 3.05) is 13.2 Å². The van der Waals surface area contributed by atoms with Crippen molar-refractivity contribution < 1.29 is 19.1 Å². The van der Waals surface area contributed by atoms with Crippen LogP contribution >= 0.6 is 0 Å². The second kappa shape index (κ2) is 10.4. The van der Waals surface area contributed by atoms with Crippen molar-refractivity contribution in [3.63, 3.8) is 0 Å². The number of hydrogen-bond donors (Lipinski definition) is 1. The maximum Gasteiger partial charge on any atom is 0.318 e. The van der Waals surface area contributed by atoms with E-state index in [4.69, 9.17) is 4.74 Å². The molecule has 6 heteroatoms. The minimum Gasteiger partial charge on any atom is -0.465 e. The summed E-state index contributed by atoms with van der Waals surface area (Å²) in [5, 5.41) is 2.90. The van der Waals surface area contributed by atoms with Gasteiger partial charge in [-0.05, 0) is 31.7 Å². The minimum atomic E-state index is -1.11. The molecule has 1 fully saturated rings. The van der Waals surface area contributed by atoms with Crippen LogP contribution in [0.15, 0.2) is 54.8 Å². The molecule has 2 amide bonds. The number of amides is 2.